The van der Waals surface area contributed by atoms with E-state index < -0.39 is 0 Å². The summed E-state index contributed by atoms with van der Waals surface area (Å²) in [5.41, 5.74) is 4.47. The van der Waals surface area contributed by atoms with Crippen LogP contribution in [0.4, 0.5) is 0 Å². The Bertz CT molecular complexity index is 1050. The van der Waals surface area contributed by atoms with Crippen LogP contribution in [0.1, 0.15) is 12.0 Å². The molecule has 4 aromatic rings. The first kappa shape index (κ1) is 17.8. The molecule has 3 nitrogen and oxygen atoms in total. The van der Waals surface area contributed by atoms with Crippen molar-refractivity contribution in [3.63, 3.8) is 0 Å². The van der Waals surface area contributed by atoms with Gasteiger partial charge in [-0.2, -0.15) is 0 Å². The maximum absolute atomic E-state index is 5.97. The number of imidazole rings is 1. The van der Waals surface area contributed by atoms with E-state index in [1.54, 1.807) is 0 Å². The molecule has 0 saturated carbocycles. The molecular formula is C23H21BrN2O. The van der Waals surface area contributed by atoms with Crippen LogP contribution in [-0.4, -0.2) is 16.2 Å². The highest BCUT2D eigenvalue weighted by Gasteiger charge is 2.12. The number of benzene rings is 3. The van der Waals surface area contributed by atoms with Crippen LogP contribution in [0, 0.1) is 6.92 Å². The molecule has 4 heteroatoms. The van der Waals surface area contributed by atoms with E-state index in [4.69, 9.17) is 9.72 Å². The van der Waals surface area contributed by atoms with Crippen LogP contribution in [0.2, 0.25) is 0 Å². The van der Waals surface area contributed by atoms with E-state index in [0.717, 1.165) is 45.6 Å². The smallest absolute Gasteiger partial charge is 0.141 e. The second-order valence-corrected chi connectivity index (χ2v) is 7.47. The van der Waals surface area contributed by atoms with E-state index in [-0.39, 0.29) is 0 Å². The maximum atomic E-state index is 5.97. The summed E-state index contributed by atoms with van der Waals surface area (Å²) in [4.78, 5) is 4.87. The molecule has 0 N–H and O–H groups in total. The monoisotopic (exact) mass is 420 g/mol. The summed E-state index contributed by atoms with van der Waals surface area (Å²) in [6, 6.07) is 24.8. The number of ether oxygens (including phenoxy) is 1. The van der Waals surface area contributed by atoms with Crippen LogP contribution < -0.4 is 4.74 Å². The van der Waals surface area contributed by atoms with Gasteiger partial charge in [0.25, 0.3) is 0 Å². The van der Waals surface area contributed by atoms with Gasteiger partial charge in [0.15, 0.2) is 0 Å². The Kier molecular flexibility index (Phi) is 5.26. The molecule has 1 heterocycles. The molecule has 0 unspecified atom stereocenters. The molecule has 0 amide bonds. The van der Waals surface area contributed by atoms with E-state index in [9.17, 15) is 0 Å². The van der Waals surface area contributed by atoms with Crippen molar-refractivity contribution in [3.05, 3.63) is 82.8 Å². The Morgan fingerprint density at radius 2 is 1.67 bits per heavy atom. The van der Waals surface area contributed by atoms with Crippen molar-refractivity contribution < 1.29 is 4.74 Å². The van der Waals surface area contributed by atoms with E-state index in [1.165, 1.54) is 5.56 Å². The van der Waals surface area contributed by atoms with Gasteiger partial charge in [-0.3, -0.25) is 0 Å². The van der Waals surface area contributed by atoms with E-state index in [2.05, 4.69) is 76.0 Å². The predicted molar refractivity (Wildman–Crippen MR) is 114 cm³/mol. The van der Waals surface area contributed by atoms with E-state index >= 15 is 0 Å². The number of hydrogen-bond donors (Lipinski definition) is 0. The van der Waals surface area contributed by atoms with Crippen LogP contribution in [0.3, 0.4) is 0 Å². The van der Waals surface area contributed by atoms with Gasteiger partial charge in [-0.1, -0.05) is 58.4 Å². The zero-order valence-electron chi connectivity index (χ0n) is 15.2. The second kappa shape index (κ2) is 7.97. The van der Waals surface area contributed by atoms with Crippen molar-refractivity contribution >= 4 is 27.0 Å². The molecule has 0 saturated heterocycles. The Labute approximate surface area is 167 Å². The third kappa shape index (κ3) is 3.91. The minimum Gasteiger partial charge on any atom is -0.493 e. The van der Waals surface area contributed by atoms with Gasteiger partial charge in [-0.25, -0.2) is 4.98 Å². The zero-order valence-corrected chi connectivity index (χ0v) is 16.8. The maximum Gasteiger partial charge on any atom is 0.141 e. The number of hydrogen-bond acceptors (Lipinski definition) is 2. The van der Waals surface area contributed by atoms with Crippen molar-refractivity contribution in [2.45, 2.75) is 19.9 Å². The lowest BCUT2D eigenvalue weighted by Crippen LogP contribution is -2.06. The number of aromatic nitrogens is 2. The largest absolute Gasteiger partial charge is 0.493 e. The summed E-state index contributed by atoms with van der Waals surface area (Å²) in [6.07, 6.45) is 0.915. The van der Waals surface area contributed by atoms with Gasteiger partial charge in [-0.05, 0) is 49.2 Å². The standard InChI is InChI=1S/C23H21BrN2O/c1-17-7-2-5-10-22(17)27-16-6-15-26-21-9-4-3-8-20(21)25-23(26)18-11-13-19(24)14-12-18/h2-5,7-14H,6,15-16H2,1H3. The van der Waals surface area contributed by atoms with Gasteiger partial charge >= 0.3 is 0 Å². The molecule has 0 aliphatic carbocycles. The van der Waals surface area contributed by atoms with Crippen molar-refractivity contribution in [1.29, 1.82) is 0 Å². The highest BCUT2D eigenvalue weighted by molar-refractivity contribution is 9.10. The van der Waals surface area contributed by atoms with Crippen molar-refractivity contribution in [3.8, 4) is 17.1 Å². The minimum atomic E-state index is 0.678. The van der Waals surface area contributed by atoms with Gasteiger partial charge in [0.1, 0.15) is 11.6 Å². The molecule has 0 bridgehead atoms. The molecule has 1 aromatic heterocycles. The average Bonchev–Trinajstić information content (AvgIpc) is 3.06. The third-order valence-electron chi connectivity index (χ3n) is 4.63. The molecule has 0 aliphatic heterocycles. The zero-order chi connectivity index (χ0) is 18.6. The van der Waals surface area contributed by atoms with Gasteiger partial charge in [0.05, 0.1) is 17.6 Å². The molecule has 136 valence electrons. The van der Waals surface area contributed by atoms with Crippen LogP contribution in [-0.2, 0) is 6.54 Å². The Balaban J connectivity index is 1.56. The van der Waals surface area contributed by atoms with Crippen LogP contribution in [0.25, 0.3) is 22.4 Å². The molecule has 0 aliphatic rings. The molecule has 0 spiro atoms. The lowest BCUT2D eigenvalue weighted by Gasteiger charge is -2.12. The topological polar surface area (TPSA) is 27.1 Å². The van der Waals surface area contributed by atoms with Crippen molar-refractivity contribution in [1.82, 2.24) is 9.55 Å². The summed E-state index contributed by atoms with van der Waals surface area (Å²) in [7, 11) is 0. The normalized spacial score (nSPS) is 11.0. The summed E-state index contributed by atoms with van der Waals surface area (Å²) < 4.78 is 9.33. The van der Waals surface area contributed by atoms with Crippen molar-refractivity contribution in [2.75, 3.05) is 6.61 Å². The highest BCUT2D eigenvalue weighted by atomic mass is 79.9. The summed E-state index contributed by atoms with van der Waals surface area (Å²) in [5.74, 6) is 1.96. The Morgan fingerprint density at radius 1 is 0.926 bits per heavy atom. The number of fused-ring (bicyclic) bond motifs is 1. The number of nitrogens with zero attached hydrogens (tertiary/aromatic N) is 2. The van der Waals surface area contributed by atoms with E-state index in [1.807, 2.05) is 24.3 Å². The first-order valence-corrected chi connectivity index (χ1v) is 9.91. The number of aryl methyl sites for hydroxylation is 2. The quantitative estimate of drug-likeness (QED) is 0.345. The summed E-state index contributed by atoms with van der Waals surface area (Å²) in [5, 5.41) is 0. The molecule has 0 atom stereocenters. The SMILES string of the molecule is Cc1ccccc1OCCCn1c(-c2ccc(Br)cc2)nc2ccccc21. The van der Waals surface area contributed by atoms with Crippen LogP contribution >= 0.6 is 15.9 Å². The number of rotatable bonds is 6. The second-order valence-electron chi connectivity index (χ2n) is 6.55. The fourth-order valence-electron chi connectivity index (χ4n) is 3.24. The predicted octanol–water partition coefficient (Wildman–Crippen LogP) is 6.24. The molecular weight excluding hydrogens is 400 g/mol. The first-order valence-electron chi connectivity index (χ1n) is 9.12. The minimum absolute atomic E-state index is 0.678. The lowest BCUT2D eigenvalue weighted by atomic mass is 10.2. The molecule has 0 radical (unpaired) electrons. The van der Waals surface area contributed by atoms with Crippen LogP contribution in [0.5, 0.6) is 5.75 Å². The Hall–Kier alpha value is -2.59. The average molecular weight is 421 g/mol. The third-order valence-corrected chi connectivity index (χ3v) is 5.16. The van der Waals surface area contributed by atoms with Gasteiger partial charge < -0.3 is 9.30 Å². The fraction of sp³-hybridized carbons (Fsp3) is 0.174. The molecule has 3 aromatic carbocycles. The van der Waals surface area contributed by atoms with Crippen LogP contribution in [0.15, 0.2) is 77.3 Å². The van der Waals surface area contributed by atoms with E-state index in [0.29, 0.717) is 6.61 Å². The summed E-state index contributed by atoms with van der Waals surface area (Å²) in [6.45, 7) is 3.61. The number of halogens is 1. The Morgan fingerprint density at radius 3 is 2.48 bits per heavy atom. The van der Waals surface area contributed by atoms with Gasteiger partial charge in [0.2, 0.25) is 0 Å². The van der Waals surface area contributed by atoms with Gasteiger partial charge in [0, 0.05) is 16.6 Å². The fourth-order valence-corrected chi connectivity index (χ4v) is 3.51. The lowest BCUT2D eigenvalue weighted by molar-refractivity contribution is 0.301. The molecule has 27 heavy (non-hydrogen) atoms. The number of para-hydroxylation sites is 3. The molecule has 4 rings (SSSR count). The van der Waals surface area contributed by atoms with Crippen molar-refractivity contribution in [2.24, 2.45) is 0 Å². The molecule has 0 fully saturated rings. The van der Waals surface area contributed by atoms with Gasteiger partial charge in [-0.15, -0.1) is 0 Å². The first-order chi connectivity index (χ1) is 13.2. The highest BCUT2D eigenvalue weighted by Crippen LogP contribution is 2.26. The summed E-state index contributed by atoms with van der Waals surface area (Å²) >= 11 is 3.51.